The molecule has 1 heteroatoms. The monoisotopic (exact) mass is 195 g/mol. The summed E-state index contributed by atoms with van der Waals surface area (Å²) in [6.07, 6.45) is 13.4. The molecule has 2 fully saturated rings. The predicted octanol–water partition coefficient (Wildman–Crippen LogP) is 3.34. The number of nitrogens with one attached hydrogen (secondary N) is 1. The van der Waals surface area contributed by atoms with Gasteiger partial charge in [0.05, 0.1) is 0 Å². The van der Waals surface area contributed by atoms with Crippen LogP contribution in [0.4, 0.5) is 0 Å². The Morgan fingerprint density at radius 2 is 1.21 bits per heavy atom. The van der Waals surface area contributed by atoms with E-state index in [1.165, 1.54) is 57.8 Å². The molecule has 1 unspecified atom stereocenters. The van der Waals surface area contributed by atoms with Crippen LogP contribution in [0.1, 0.15) is 57.8 Å². The molecule has 0 radical (unpaired) electrons. The van der Waals surface area contributed by atoms with Crippen molar-refractivity contribution in [2.24, 2.45) is 11.8 Å². The summed E-state index contributed by atoms with van der Waals surface area (Å²) in [7, 11) is 2.18. The molecule has 2 aliphatic carbocycles. The lowest BCUT2D eigenvalue weighted by Crippen LogP contribution is -2.40. The summed E-state index contributed by atoms with van der Waals surface area (Å²) in [6.45, 7) is 0. The van der Waals surface area contributed by atoms with E-state index in [1.807, 2.05) is 0 Å². The number of hydrogen-bond donors (Lipinski definition) is 1. The normalized spacial score (nSPS) is 28.1. The lowest BCUT2D eigenvalue weighted by atomic mass is 9.78. The molecule has 2 aliphatic rings. The SMILES string of the molecule is CNC(C1CCCCC1)C1CCCC1. The summed E-state index contributed by atoms with van der Waals surface area (Å²) < 4.78 is 0. The topological polar surface area (TPSA) is 12.0 Å². The first-order valence-corrected chi connectivity index (χ1v) is 6.59. The minimum atomic E-state index is 0.845. The zero-order chi connectivity index (χ0) is 9.80. The van der Waals surface area contributed by atoms with E-state index >= 15 is 0 Å². The second-order valence-corrected chi connectivity index (χ2v) is 5.26. The van der Waals surface area contributed by atoms with Gasteiger partial charge in [-0.05, 0) is 44.6 Å². The Morgan fingerprint density at radius 1 is 0.786 bits per heavy atom. The van der Waals surface area contributed by atoms with Gasteiger partial charge in [0.25, 0.3) is 0 Å². The second kappa shape index (κ2) is 5.16. The lowest BCUT2D eigenvalue weighted by molar-refractivity contribution is 0.216. The molecule has 2 saturated carbocycles. The maximum atomic E-state index is 3.61. The first kappa shape index (κ1) is 10.5. The van der Waals surface area contributed by atoms with Crippen molar-refractivity contribution >= 4 is 0 Å². The highest BCUT2D eigenvalue weighted by atomic mass is 14.9. The van der Waals surface area contributed by atoms with Gasteiger partial charge in [-0.15, -0.1) is 0 Å². The molecular weight excluding hydrogens is 170 g/mol. The average Bonchev–Trinajstić information content (AvgIpc) is 2.74. The maximum absolute atomic E-state index is 3.61. The fourth-order valence-electron chi connectivity index (χ4n) is 3.67. The molecule has 0 bridgehead atoms. The fraction of sp³-hybridized carbons (Fsp3) is 1.00. The number of hydrogen-bond acceptors (Lipinski definition) is 1. The average molecular weight is 195 g/mol. The first-order chi connectivity index (χ1) is 6.92. The Hall–Kier alpha value is -0.0400. The molecule has 1 N–H and O–H groups in total. The van der Waals surface area contributed by atoms with E-state index in [1.54, 1.807) is 0 Å². The molecule has 0 saturated heterocycles. The van der Waals surface area contributed by atoms with E-state index in [0.717, 1.165) is 17.9 Å². The van der Waals surface area contributed by atoms with Gasteiger partial charge < -0.3 is 5.32 Å². The molecule has 0 aromatic rings. The van der Waals surface area contributed by atoms with Crippen molar-refractivity contribution in [1.82, 2.24) is 5.32 Å². The van der Waals surface area contributed by atoms with Crippen LogP contribution < -0.4 is 5.32 Å². The first-order valence-electron chi connectivity index (χ1n) is 6.59. The summed E-state index contributed by atoms with van der Waals surface area (Å²) in [5, 5.41) is 3.61. The van der Waals surface area contributed by atoms with E-state index in [2.05, 4.69) is 12.4 Å². The third-order valence-electron chi connectivity index (χ3n) is 4.40. The van der Waals surface area contributed by atoms with Gasteiger partial charge in [-0.1, -0.05) is 32.1 Å². The maximum Gasteiger partial charge on any atom is 0.0121 e. The van der Waals surface area contributed by atoms with Crippen LogP contribution in [0.3, 0.4) is 0 Å². The lowest BCUT2D eigenvalue weighted by Gasteiger charge is -2.34. The zero-order valence-corrected chi connectivity index (χ0v) is 9.60. The van der Waals surface area contributed by atoms with Crippen molar-refractivity contribution in [1.29, 1.82) is 0 Å². The van der Waals surface area contributed by atoms with Crippen molar-refractivity contribution in [2.45, 2.75) is 63.8 Å². The Morgan fingerprint density at radius 3 is 1.64 bits per heavy atom. The molecule has 0 aliphatic heterocycles. The van der Waals surface area contributed by atoms with Gasteiger partial charge in [-0.3, -0.25) is 0 Å². The summed E-state index contributed by atoms with van der Waals surface area (Å²) in [5.74, 6) is 2.00. The minimum Gasteiger partial charge on any atom is -0.316 e. The third-order valence-corrected chi connectivity index (χ3v) is 4.40. The Bertz CT molecular complexity index is 155. The summed E-state index contributed by atoms with van der Waals surface area (Å²) >= 11 is 0. The van der Waals surface area contributed by atoms with Gasteiger partial charge in [0, 0.05) is 6.04 Å². The fourth-order valence-corrected chi connectivity index (χ4v) is 3.67. The highest BCUT2D eigenvalue weighted by molar-refractivity contribution is 4.86. The van der Waals surface area contributed by atoms with Crippen LogP contribution in [0.5, 0.6) is 0 Å². The molecule has 0 amide bonds. The third kappa shape index (κ3) is 2.31. The van der Waals surface area contributed by atoms with Crippen LogP contribution in [0, 0.1) is 11.8 Å². The second-order valence-electron chi connectivity index (χ2n) is 5.26. The summed E-state index contributed by atoms with van der Waals surface area (Å²) in [6, 6.07) is 0.845. The van der Waals surface area contributed by atoms with Crippen molar-refractivity contribution in [3.63, 3.8) is 0 Å². The van der Waals surface area contributed by atoms with E-state index in [9.17, 15) is 0 Å². The van der Waals surface area contributed by atoms with Crippen LogP contribution in [-0.2, 0) is 0 Å². The molecule has 14 heavy (non-hydrogen) atoms. The van der Waals surface area contributed by atoms with Crippen molar-refractivity contribution < 1.29 is 0 Å². The van der Waals surface area contributed by atoms with Crippen LogP contribution in [0.2, 0.25) is 0 Å². The minimum absolute atomic E-state index is 0.845. The number of rotatable bonds is 3. The molecule has 1 atom stereocenters. The van der Waals surface area contributed by atoms with Crippen molar-refractivity contribution in [2.75, 3.05) is 7.05 Å². The molecule has 82 valence electrons. The van der Waals surface area contributed by atoms with Crippen LogP contribution >= 0.6 is 0 Å². The van der Waals surface area contributed by atoms with Gasteiger partial charge in [0.15, 0.2) is 0 Å². The van der Waals surface area contributed by atoms with Crippen molar-refractivity contribution in [3.8, 4) is 0 Å². The standard InChI is InChI=1S/C13H25N/c1-14-13(12-9-5-6-10-12)11-7-3-2-4-8-11/h11-14H,2-10H2,1H3. The molecule has 0 aromatic carbocycles. The van der Waals surface area contributed by atoms with Gasteiger partial charge >= 0.3 is 0 Å². The quantitative estimate of drug-likeness (QED) is 0.728. The van der Waals surface area contributed by atoms with Crippen LogP contribution in [-0.4, -0.2) is 13.1 Å². The van der Waals surface area contributed by atoms with Crippen LogP contribution in [0.15, 0.2) is 0 Å². The smallest absolute Gasteiger partial charge is 0.0121 e. The van der Waals surface area contributed by atoms with Gasteiger partial charge in [0.1, 0.15) is 0 Å². The highest BCUT2D eigenvalue weighted by Crippen LogP contribution is 2.36. The molecule has 1 nitrogen and oxygen atoms in total. The molecule has 0 spiro atoms. The summed E-state index contributed by atoms with van der Waals surface area (Å²) in [5.41, 5.74) is 0. The molecule has 0 heterocycles. The molecule has 2 rings (SSSR count). The zero-order valence-electron chi connectivity index (χ0n) is 9.60. The molecular formula is C13H25N. The Labute approximate surface area is 88.7 Å². The van der Waals surface area contributed by atoms with Gasteiger partial charge in [-0.25, -0.2) is 0 Å². The van der Waals surface area contributed by atoms with Gasteiger partial charge in [0.2, 0.25) is 0 Å². The largest absolute Gasteiger partial charge is 0.316 e. The predicted molar refractivity (Wildman–Crippen MR) is 61.4 cm³/mol. The van der Waals surface area contributed by atoms with Crippen molar-refractivity contribution in [3.05, 3.63) is 0 Å². The van der Waals surface area contributed by atoms with Gasteiger partial charge in [-0.2, -0.15) is 0 Å². The van der Waals surface area contributed by atoms with E-state index in [-0.39, 0.29) is 0 Å². The Kier molecular flexibility index (Phi) is 3.86. The Balaban J connectivity index is 1.89. The van der Waals surface area contributed by atoms with E-state index < -0.39 is 0 Å². The molecule has 0 aromatic heterocycles. The summed E-state index contributed by atoms with van der Waals surface area (Å²) in [4.78, 5) is 0. The van der Waals surface area contributed by atoms with E-state index in [4.69, 9.17) is 0 Å². The van der Waals surface area contributed by atoms with E-state index in [0.29, 0.717) is 0 Å². The highest BCUT2D eigenvalue weighted by Gasteiger charge is 2.30. The van der Waals surface area contributed by atoms with Crippen LogP contribution in [0.25, 0.3) is 0 Å².